The van der Waals surface area contributed by atoms with Crippen molar-refractivity contribution in [2.24, 2.45) is 0 Å². The number of aryl methyl sites for hydroxylation is 2. The maximum absolute atomic E-state index is 12.3. The van der Waals surface area contributed by atoms with Crippen LogP contribution in [0.3, 0.4) is 0 Å². The SMILES string of the molecule is Cc1ccc(CN2CCC(NC(=O)c3nccc(C)c3O)CC2)cc1. The fraction of sp³-hybridized carbons (Fsp3) is 0.400. The number of likely N-dealkylation sites (tertiary alicyclic amines) is 1. The van der Waals surface area contributed by atoms with Crippen LogP contribution in [0.5, 0.6) is 5.75 Å². The highest BCUT2D eigenvalue weighted by Crippen LogP contribution is 2.20. The lowest BCUT2D eigenvalue weighted by atomic mass is 10.0. The molecule has 0 spiro atoms. The smallest absolute Gasteiger partial charge is 0.273 e. The third-order valence-corrected chi connectivity index (χ3v) is 4.79. The van der Waals surface area contributed by atoms with Crippen LogP contribution in [-0.2, 0) is 6.54 Å². The Morgan fingerprint density at radius 1 is 1.20 bits per heavy atom. The predicted octanol–water partition coefficient (Wildman–Crippen LogP) is 2.80. The molecule has 1 fully saturated rings. The summed E-state index contributed by atoms with van der Waals surface area (Å²) in [7, 11) is 0. The predicted molar refractivity (Wildman–Crippen MR) is 97.6 cm³/mol. The van der Waals surface area contributed by atoms with Gasteiger partial charge in [-0.3, -0.25) is 9.69 Å². The average Bonchev–Trinajstić information content (AvgIpc) is 2.61. The summed E-state index contributed by atoms with van der Waals surface area (Å²) in [6.07, 6.45) is 3.36. The van der Waals surface area contributed by atoms with Gasteiger partial charge >= 0.3 is 0 Å². The number of hydrogen-bond donors (Lipinski definition) is 2. The highest BCUT2D eigenvalue weighted by molar-refractivity contribution is 5.95. The number of pyridine rings is 1. The molecule has 5 heteroatoms. The molecule has 0 atom stereocenters. The highest BCUT2D eigenvalue weighted by atomic mass is 16.3. The van der Waals surface area contributed by atoms with Crippen molar-refractivity contribution in [1.82, 2.24) is 15.2 Å². The van der Waals surface area contributed by atoms with Gasteiger partial charge < -0.3 is 10.4 Å². The molecule has 1 aromatic carbocycles. The van der Waals surface area contributed by atoms with Crippen LogP contribution >= 0.6 is 0 Å². The van der Waals surface area contributed by atoms with E-state index in [4.69, 9.17) is 0 Å². The van der Waals surface area contributed by atoms with Crippen molar-refractivity contribution in [3.05, 3.63) is 58.9 Å². The first-order chi connectivity index (χ1) is 12.0. The van der Waals surface area contributed by atoms with Crippen LogP contribution in [0.1, 0.15) is 40.0 Å². The minimum Gasteiger partial charge on any atom is -0.505 e. The van der Waals surface area contributed by atoms with E-state index in [0.717, 1.165) is 32.5 Å². The third-order valence-electron chi connectivity index (χ3n) is 4.79. The lowest BCUT2D eigenvalue weighted by Gasteiger charge is -2.32. The number of carbonyl (C=O) groups is 1. The van der Waals surface area contributed by atoms with E-state index < -0.39 is 0 Å². The molecular weight excluding hydrogens is 314 g/mol. The molecule has 0 unspecified atom stereocenters. The number of amides is 1. The lowest BCUT2D eigenvalue weighted by Crippen LogP contribution is -2.44. The third kappa shape index (κ3) is 4.37. The molecule has 1 aliphatic rings. The van der Waals surface area contributed by atoms with E-state index in [1.54, 1.807) is 19.2 Å². The quantitative estimate of drug-likeness (QED) is 0.899. The molecule has 1 aliphatic heterocycles. The minimum absolute atomic E-state index is 0.0307. The summed E-state index contributed by atoms with van der Waals surface area (Å²) in [5.41, 5.74) is 3.37. The average molecular weight is 339 g/mol. The van der Waals surface area contributed by atoms with E-state index in [1.165, 1.54) is 11.1 Å². The van der Waals surface area contributed by atoms with Crippen LogP contribution in [0.15, 0.2) is 36.5 Å². The fourth-order valence-electron chi connectivity index (χ4n) is 3.16. The molecule has 5 nitrogen and oxygen atoms in total. The monoisotopic (exact) mass is 339 g/mol. The van der Waals surface area contributed by atoms with Crippen LogP contribution in [0.2, 0.25) is 0 Å². The Labute approximate surface area is 148 Å². The molecule has 25 heavy (non-hydrogen) atoms. The second-order valence-electron chi connectivity index (χ2n) is 6.83. The number of carbonyl (C=O) groups excluding carboxylic acids is 1. The molecule has 0 radical (unpaired) electrons. The van der Waals surface area contributed by atoms with Gasteiger partial charge in [-0.2, -0.15) is 0 Å². The molecule has 3 rings (SSSR count). The summed E-state index contributed by atoms with van der Waals surface area (Å²) in [5.74, 6) is -0.324. The van der Waals surface area contributed by atoms with Crippen molar-refractivity contribution < 1.29 is 9.90 Å². The number of benzene rings is 1. The zero-order chi connectivity index (χ0) is 17.8. The molecule has 2 aromatic rings. The van der Waals surface area contributed by atoms with E-state index in [1.807, 2.05) is 0 Å². The van der Waals surface area contributed by atoms with Crippen molar-refractivity contribution in [3.63, 3.8) is 0 Å². The molecule has 0 aliphatic carbocycles. The van der Waals surface area contributed by atoms with Crippen LogP contribution in [0.25, 0.3) is 0 Å². The van der Waals surface area contributed by atoms with Gasteiger partial charge in [0.2, 0.25) is 0 Å². The van der Waals surface area contributed by atoms with Crippen LogP contribution in [0, 0.1) is 13.8 Å². The Hall–Kier alpha value is -2.40. The summed E-state index contributed by atoms with van der Waals surface area (Å²) in [4.78, 5) is 18.8. The van der Waals surface area contributed by atoms with Crippen LogP contribution < -0.4 is 5.32 Å². The van der Waals surface area contributed by atoms with Gasteiger partial charge in [0, 0.05) is 31.9 Å². The van der Waals surface area contributed by atoms with E-state index in [2.05, 4.69) is 46.4 Å². The molecule has 1 amide bonds. The summed E-state index contributed by atoms with van der Waals surface area (Å²) in [6, 6.07) is 10.5. The van der Waals surface area contributed by atoms with Gasteiger partial charge in [0.1, 0.15) is 5.75 Å². The van der Waals surface area contributed by atoms with E-state index in [0.29, 0.717) is 5.56 Å². The van der Waals surface area contributed by atoms with Gasteiger partial charge in [-0.25, -0.2) is 4.98 Å². The highest BCUT2D eigenvalue weighted by Gasteiger charge is 2.23. The standard InChI is InChI=1S/C20H25N3O2/c1-14-3-5-16(6-4-14)13-23-11-8-17(9-12-23)22-20(25)18-19(24)15(2)7-10-21-18/h3-7,10,17,24H,8-9,11-13H2,1-2H3,(H,22,25). The van der Waals surface area contributed by atoms with Gasteiger partial charge in [-0.1, -0.05) is 29.8 Å². The Balaban J connectivity index is 1.51. The number of hydrogen-bond acceptors (Lipinski definition) is 4. The summed E-state index contributed by atoms with van der Waals surface area (Å²) in [6.45, 7) is 6.70. The Bertz CT molecular complexity index is 735. The summed E-state index contributed by atoms with van der Waals surface area (Å²) >= 11 is 0. The number of nitrogens with zero attached hydrogens (tertiary/aromatic N) is 2. The molecule has 0 bridgehead atoms. The van der Waals surface area contributed by atoms with E-state index in [9.17, 15) is 9.90 Å². The Morgan fingerprint density at radius 2 is 1.88 bits per heavy atom. The Kier molecular flexibility index (Phi) is 5.34. The normalized spacial score (nSPS) is 15.9. The molecule has 2 heterocycles. The number of aromatic hydroxyl groups is 1. The number of piperidine rings is 1. The number of aromatic nitrogens is 1. The molecule has 1 aromatic heterocycles. The molecular formula is C20H25N3O2. The maximum atomic E-state index is 12.3. The lowest BCUT2D eigenvalue weighted by molar-refractivity contribution is 0.0900. The van der Waals surface area contributed by atoms with Gasteiger partial charge in [-0.05, 0) is 43.9 Å². The fourth-order valence-corrected chi connectivity index (χ4v) is 3.16. The zero-order valence-corrected chi connectivity index (χ0v) is 14.8. The molecule has 0 saturated carbocycles. The van der Waals surface area contributed by atoms with Crippen LogP contribution in [0.4, 0.5) is 0 Å². The topological polar surface area (TPSA) is 65.5 Å². The second kappa shape index (κ2) is 7.66. The van der Waals surface area contributed by atoms with Gasteiger partial charge in [0.25, 0.3) is 5.91 Å². The summed E-state index contributed by atoms with van der Waals surface area (Å²) < 4.78 is 0. The van der Waals surface area contributed by atoms with Crippen molar-refractivity contribution in [3.8, 4) is 5.75 Å². The van der Waals surface area contributed by atoms with Crippen molar-refractivity contribution in [1.29, 1.82) is 0 Å². The Morgan fingerprint density at radius 3 is 2.56 bits per heavy atom. The first-order valence-electron chi connectivity index (χ1n) is 8.76. The van der Waals surface area contributed by atoms with Crippen LogP contribution in [-0.4, -0.2) is 40.0 Å². The first kappa shape index (κ1) is 17.4. The first-order valence-corrected chi connectivity index (χ1v) is 8.76. The number of rotatable bonds is 4. The van der Waals surface area contributed by atoms with Gasteiger partial charge in [0.05, 0.1) is 0 Å². The molecule has 2 N–H and O–H groups in total. The molecule has 1 saturated heterocycles. The van der Waals surface area contributed by atoms with E-state index in [-0.39, 0.29) is 23.4 Å². The largest absolute Gasteiger partial charge is 0.505 e. The maximum Gasteiger partial charge on any atom is 0.273 e. The van der Waals surface area contributed by atoms with E-state index >= 15 is 0 Å². The zero-order valence-electron chi connectivity index (χ0n) is 14.8. The van der Waals surface area contributed by atoms with Crippen molar-refractivity contribution in [2.75, 3.05) is 13.1 Å². The number of nitrogens with one attached hydrogen (secondary N) is 1. The minimum atomic E-state index is -0.293. The molecule has 132 valence electrons. The van der Waals surface area contributed by atoms with Crippen molar-refractivity contribution >= 4 is 5.91 Å². The second-order valence-corrected chi connectivity index (χ2v) is 6.83. The summed E-state index contributed by atoms with van der Waals surface area (Å²) in [5, 5.41) is 13.0. The van der Waals surface area contributed by atoms with Gasteiger partial charge in [0.15, 0.2) is 5.69 Å². The van der Waals surface area contributed by atoms with Gasteiger partial charge in [-0.15, -0.1) is 0 Å². The van der Waals surface area contributed by atoms with Crippen molar-refractivity contribution in [2.45, 2.75) is 39.3 Å².